The summed E-state index contributed by atoms with van der Waals surface area (Å²) >= 11 is 0. The van der Waals surface area contributed by atoms with Gasteiger partial charge in [0.2, 0.25) is 0 Å². The first-order valence-electron chi connectivity index (χ1n) is 35.0. The molecule has 0 aromatic heterocycles. The summed E-state index contributed by atoms with van der Waals surface area (Å²) in [5.74, 6) is -3.10. The maximum Gasteiger partial charge on any atom is 0.335 e. The predicted molar refractivity (Wildman–Crippen MR) is 340 cm³/mol. The Bertz CT molecular complexity index is 1580. The van der Waals surface area contributed by atoms with Gasteiger partial charge in [0, 0.05) is 19.3 Å². The number of carbonyl (C=O) groups excluding carboxylic acids is 3. The van der Waals surface area contributed by atoms with Crippen LogP contribution in [0, 0.1) is 0 Å². The van der Waals surface area contributed by atoms with E-state index >= 15 is 0 Å². The Labute approximate surface area is 508 Å². The maximum atomic E-state index is 13.2. The standard InChI is InChI=1S/C71H128O12/c1-4-7-10-13-16-19-22-25-28-30-32-34-37-39-42-45-48-51-54-57-63(72)79-60-62(81-64(73)58-55-52-49-46-43-40-36-27-24-21-18-15-12-9-6-3)61-80-71-69(67(76)66(75)68(83-71)70(77)78)82-65(74)59-56-53-50-47-44-41-38-35-33-31-29-26-23-20-17-14-11-8-5-2/h18,21,25,27-28,36,62,66-69,71,75-76H,4-17,19-20,22-24,26,29-35,37-61H2,1-3H3,(H,77,78)/b21-18-,28-25-,36-27-. The van der Waals surface area contributed by atoms with E-state index in [1.54, 1.807) is 0 Å². The molecule has 1 fully saturated rings. The van der Waals surface area contributed by atoms with E-state index in [4.69, 9.17) is 23.7 Å². The first kappa shape index (κ1) is 78.0. The number of carboxylic acids is 1. The van der Waals surface area contributed by atoms with Crippen molar-refractivity contribution in [3.63, 3.8) is 0 Å². The van der Waals surface area contributed by atoms with Crippen molar-refractivity contribution in [1.82, 2.24) is 0 Å². The van der Waals surface area contributed by atoms with E-state index in [1.807, 2.05) is 0 Å². The number of aliphatic hydroxyl groups is 2. The molecule has 0 bridgehead atoms. The van der Waals surface area contributed by atoms with Crippen molar-refractivity contribution in [3.05, 3.63) is 36.5 Å². The Morgan fingerprint density at radius 3 is 1.12 bits per heavy atom. The lowest BCUT2D eigenvalue weighted by atomic mass is 9.98. The highest BCUT2D eigenvalue weighted by molar-refractivity contribution is 5.74. The smallest absolute Gasteiger partial charge is 0.335 e. The van der Waals surface area contributed by atoms with E-state index in [9.17, 15) is 34.5 Å². The number of ether oxygens (including phenoxy) is 5. The fraction of sp³-hybridized carbons (Fsp3) is 0.859. The van der Waals surface area contributed by atoms with Crippen LogP contribution in [0.3, 0.4) is 0 Å². The van der Waals surface area contributed by atoms with E-state index in [2.05, 4.69) is 57.2 Å². The van der Waals surface area contributed by atoms with Crippen LogP contribution in [-0.2, 0) is 42.9 Å². The number of aliphatic hydroxyl groups excluding tert-OH is 2. The first-order valence-corrected chi connectivity index (χ1v) is 35.0. The number of carbonyl (C=O) groups is 4. The fourth-order valence-corrected chi connectivity index (χ4v) is 10.8. The van der Waals surface area contributed by atoms with Gasteiger partial charge < -0.3 is 39.0 Å². The van der Waals surface area contributed by atoms with Gasteiger partial charge in [-0.05, 0) is 77.0 Å². The minimum absolute atomic E-state index is 0.0648. The van der Waals surface area contributed by atoms with E-state index in [0.717, 1.165) is 83.5 Å². The molecule has 0 aromatic carbocycles. The highest BCUT2D eigenvalue weighted by Crippen LogP contribution is 2.27. The summed E-state index contributed by atoms with van der Waals surface area (Å²) in [6.45, 7) is 6.02. The Morgan fingerprint density at radius 2 is 0.723 bits per heavy atom. The average molecular weight is 1170 g/mol. The monoisotopic (exact) mass is 1170 g/mol. The molecular formula is C71H128O12. The quantitative estimate of drug-likeness (QED) is 0.0228. The molecule has 6 atom stereocenters. The molecule has 0 saturated carbocycles. The third kappa shape index (κ3) is 48.7. The summed E-state index contributed by atoms with van der Waals surface area (Å²) in [5.41, 5.74) is 0. The van der Waals surface area contributed by atoms with Crippen molar-refractivity contribution >= 4 is 23.9 Å². The molecule has 1 aliphatic rings. The summed E-state index contributed by atoms with van der Waals surface area (Å²) in [6, 6.07) is 0. The van der Waals surface area contributed by atoms with Crippen LogP contribution in [0.2, 0.25) is 0 Å². The van der Waals surface area contributed by atoms with Gasteiger partial charge in [-0.3, -0.25) is 14.4 Å². The lowest BCUT2D eigenvalue weighted by Gasteiger charge is -2.40. The zero-order valence-electron chi connectivity index (χ0n) is 53.7. The predicted octanol–water partition coefficient (Wildman–Crippen LogP) is 19.1. The largest absolute Gasteiger partial charge is 0.479 e. The van der Waals surface area contributed by atoms with Crippen molar-refractivity contribution in [3.8, 4) is 0 Å². The molecular weight excluding hydrogens is 1040 g/mol. The van der Waals surface area contributed by atoms with E-state index in [-0.39, 0.29) is 25.9 Å². The summed E-state index contributed by atoms with van der Waals surface area (Å²) < 4.78 is 28.6. The minimum atomic E-state index is -1.90. The zero-order chi connectivity index (χ0) is 60.3. The molecule has 6 unspecified atom stereocenters. The average Bonchev–Trinajstić information content (AvgIpc) is 3.60. The normalized spacial score (nSPS) is 17.7. The molecule has 1 saturated heterocycles. The fourth-order valence-electron chi connectivity index (χ4n) is 10.8. The van der Waals surface area contributed by atoms with Gasteiger partial charge in [-0.1, -0.05) is 282 Å². The van der Waals surface area contributed by atoms with Crippen LogP contribution in [0.5, 0.6) is 0 Å². The molecule has 0 amide bonds. The summed E-state index contributed by atoms with van der Waals surface area (Å²) in [6.07, 6.45) is 59.6. The van der Waals surface area contributed by atoms with Crippen LogP contribution in [-0.4, -0.2) is 89.2 Å². The second-order valence-corrected chi connectivity index (χ2v) is 24.2. The maximum absolute atomic E-state index is 13.2. The van der Waals surface area contributed by atoms with E-state index in [0.29, 0.717) is 19.3 Å². The molecule has 3 N–H and O–H groups in total. The van der Waals surface area contributed by atoms with Crippen LogP contribution in [0.15, 0.2) is 36.5 Å². The third-order valence-electron chi connectivity index (χ3n) is 16.2. The van der Waals surface area contributed by atoms with Gasteiger partial charge in [0.25, 0.3) is 0 Å². The van der Waals surface area contributed by atoms with Crippen LogP contribution in [0.1, 0.15) is 342 Å². The number of hydrogen-bond acceptors (Lipinski definition) is 11. The molecule has 1 heterocycles. The molecule has 12 nitrogen and oxygen atoms in total. The summed E-state index contributed by atoms with van der Waals surface area (Å²) in [5, 5.41) is 31.7. The third-order valence-corrected chi connectivity index (χ3v) is 16.2. The number of hydrogen-bond donors (Lipinski definition) is 3. The molecule has 484 valence electrons. The van der Waals surface area contributed by atoms with Gasteiger partial charge in [-0.25, -0.2) is 4.79 Å². The van der Waals surface area contributed by atoms with Gasteiger partial charge in [0.1, 0.15) is 18.8 Å². The Balaban J connectivity index is 2.61. The number of unbranched alkanes of at least 4 members (excludes halogenated alkanes) is 41. The molecule has 0 radical (unpaired) electrons. The highest BCUT2D eigenvalue weighted by atomic mass is 16.7. The number of aliphatic carboxylic acids is 1. The number of esters is 3. The summed E-state index contributed by atoms with van der Waals surface area (Å²) in [4.78, 5) is 51.4. The van der Waals surface area contributed by atoms with Gasteiger partial charge in [0.15, 0.2) is 24.6 Å². The van der Waals surface area contributed by atoms with Crippen molar-refractivity contribution in [2.75, 3.05) is 13.2 Å². The van der Waals surface area contributed by atoms with Crippen molar-refractivity contribution < 1.29 is 58.2 Å². The van der Waals surface area contributed by atoms with Crippen LogP contribution >= 0.6 is 0 Å². The van der Waals surface area contributed by atoms with Crippen LogP contribution < -0.4 is 0 Å². The lowest BCUT2D eigenvalue weighted by molar-refractivity contribution is -0.301. The Morgan fingerprint density at radius 1 is 0.398 bits per heavy atom. The number of rotatable bonds is 61. The van der Waals surface area contributed by atoms with Crippen LogP contribution in [0.4, 0.5) is 0 Å². The molecule has 0 spiro atoms. The van der Waals surface area contributed by atoms with Gasteiger partial charge in [-0.15, -0.1) is 0 Å². The molecule has 0 aromatic rings. The van der Waals surface area contributed by atoms with Gasteiger partial charge in [-0.2, -0.15) is 0 Å². The molecule has 1 aliphatic heterocycles. The first-order chi connectivity index (χ1) is 40.6. The molecule has 1 rings (SSSR count). The van der Waals surface area contributed by atoms with Crippen molar-refractivity contribution in [2.45, 2.75) is 379 Å². The Hall–Kier alpha value is -3.06. The summed E-state index contributed by atoms with van der Waals surface area (Å²) in [7, 11) is 0. The van der Waals surface area contributed by atoms with Gasteiger partial charge in [0.05, 0.1) is 6.61 Å². The lowest BCUT2D eigenvalue weighted by Crippen LogP contribution is -2.61. The second-order valence-electron chi connectivity index (χ2n) is 24.2. The molecule has 0 aliphatic carbocycles. The molecule has 12 heteroatoms. The number of allylic oxidation sites excluding steroid dienone is 6. The second kappa shape index (κ2) is 59.3. The highest BCUT2D eigenvalue weighted by Gasteiger charge is 2.50. The minimum Gasteiger partial charge on any atom is -0.479 e. The van der Waals surface area contributed by atoms with E-state index < -0.39 is 67.3 Å². The zero-order valence-corrected chi connectivity index (χ0v) is 53.7. The Kier molecular flexibility index (Phi) is 55.7. The van der Waals surface area contributed by atoms with Gasteiger partial charge >= 0.3 is 23.9 Å². The van der Waals surface area contributed by atoms with Crippen molar-refractivity contribution in [2.24, 2.45) is 0 Å². The van der Waals surface area contributed by atoms with Crippen molar-refractivity contribution in [1.29, 1.82) is 0 Å². The molecule has 83 heavy (non-hydrogen) atoms. The SMILES string of the molecule is CCCCC/C=C\C/C=C\CCCCCCCC(=O)OC(COC(=O)CCCCCCCCCCC/C=C\CCCCCCCC)COC1OC(C(=O)O)C(O)C(O)C1OC(=O)CCCCCCCCCCCCCCCCCCCCC. The van der Waals surface area contributed by atoms with E-state index in [1.165, 1.54) is 199 Å². The number of carboxylic acid groups (broad SMARTS) is 1. The van der Waals surface area contributed by atoms with Crippen LogP contribution in [0.25, 0.3) is 0 Å². The topological polar surface area (TPSA) is 175 Å².